The number of ether oxygens (including phenoxy) is 1. The number of hydrogen-bond donors (Lipinski definition) is 3. The molecule has 7 nitrogen and oxygen atoms in total. The third-order valence-corrected chi connectivity index (χ3v) is 2.67. The van der Waals surface area contributed by atoms with E-state index in [0.717, 1.165) is 6.42 Å². The molecule has 0 aliphatic carbocycles. The predicted octanol–water partition coefficient (Wildman–Crippen LogP) is 2.48. The second-order valence-corrected chi connectivity index (χ2v) is 4.41. The van der Waals surface area contributed by atoms with E-state index in [0.29, 0.717) is 12.3 Å². The first-order chi connectivity index (χ1) is 10.1. The van der Waals surface area contributed by atoms with Crippen molar-refractivity contribution < 1.29 is 9.13 Å². The summed E-state index contributed by atoms with van der Waals surface area (Å²) in [5.74, 6) is 5.18. The van der Waals surface area contributed by atoms with Gasteiger partial charge in [0.2, 0.25) is 11.9 Å². The molecule has 2 aromatic rings. The summed E-state index contributed by atoms with van der Waals surface area (Å²) in [6.07, 6.45) is 0.809. The number of nitrogen functional groups attached to an aromatic ring is 1. The van der Waals surface area contributed by atoms with Crippen molar-refractivity contribution in [2.45, 2.75) is 13.3 Å². The quantitative estimate of drug-likeness (QED) is 0.556. The Kier molecular flexibility index (Phi) is 5.07. The van der Waals surface area contributed by atoms with E-state index in [1.807, 2.05) is 6.92 Å². The lowest BCUT2D eigenvalue weighted by Gasteiger charge is -2.10. The largest absolute Gasteiger partial charge is 0.463 e. The molecule has 0 saturated carbocycles. The Hall–Kier alpha value is -2.19. The molecule has 0 atom stereocenters. The third-order valence-electron chi connectivity index (χ3n) is 2.36. The van der Waals surface area contributed by atoms with Gasteiger partial charge in [-0.15, -0.1) is 0 Å². The van der Waals surface area contributed by atoms with E-state index in [9.17, 15) is 4.39 Å². The second-order valence-electron chi connectivity index (χ2n) is 4.01. The SMILES string of the molecule is CCCOc1nc(NN)nc(Nc2ccc(F)cc2Cl)n1. The maximum Gasteiger partial charge on any atom is 0.323 e. The topological polar surface area (TPSA) is 98.0 Å². The number of anilines is 3. The predicted molar refractivity (Wildman–Crippen MR) is 78.1 cm³/mol. The van der Waals surface area contributed by atoms with Crippen LogP contribution in [0.15, 0.2) is 18.2 Å². The van der Waals surface area contributed by atoms with Crippen LogP contribution in [0, 0.1) is 5.82 Å². The van der Waals surface area contributed by atoms with E-state index in [1.165, 1.54) is 18.2 Å². The van der Waals surface area contributed by atoms with Crippen LogP contribution in [0.1, 0.15) is 13.3 Å². The van der Waals surface area contributed by atoms with E-state index in [2.05, 4.69) is 25.7 Å². The lowest BCUT2D eigenvalue weighted by Crippen LogP contribution is -2.14. The van der Waals surface area contributed by atoms with Crippen LogP contribution < -0.4 is 21.3 Å². The molecule has 1 heterocycles. The Morgan fingerprint density at radius 2 is 2.05 bits per heavy atom. The van der Waals surface area contributed by atoms with Gasteiger partial charge in [0.05, 0.1) is 17.3 Å². The van der Waals surface area contributed by atoms with E-state index in [-0.39, 0.29) is 22.9 Å². The van der Waals surface area contributed by atoms with Gasteiger partial charge in [-0.3, -0.25) is 5.43 Å². The highest BCUT2D eigenvalue weighted by Gasteiger charge is 2.09. The monoisotopic (exact) mass is 312 g/mol. The minimum absolute atomic E-state index is 0.125. The van der Waals surface area contributed by atoms with Crippen molar-refractivity contribution in [1.29, 1.82) is 0 Å². The summed E-state index contributed by atoms with van der Waals surface area (Å²) in [5.41, 5.74) is 2.77. The fourth-order valence-electron chi connectivity index (χ4n) is 1.45. The number of benzene rings is 1. The molecule has 0 aliphatic rings. The lowest BCUT2D eigenvalue weighted by molar-refractivity contribution is 0.292. The highest BCUT2D eigenvalue weighted by atomic mass is 35.5. The molecule has 1 aromatic carbocycles. The second kappa shape index (κ2) is 7.00. The summed E-state index contributed by atoms with van der Waals surface area (Å²) >= 11 is 5.93. The number of hydrazine groups is 1. The van der Waals surface area contributed by atoms with Crippen LogP contribution in [-0.2, 0) is 0 Å². The van der Waals surface area contributed by atoms with E-state index in [1.54, 1.807) is 0 Å². The Balaban J connectivity index is 2.25. The van der Waals surface area contributed by atoms with Crippen LogP contribution in [0.4, 0.5) is 22.0 Å². The molecule has 0 bridgehead atoms. The van der Waals surface area contributed by atoms with Gasteiger partial charge in [0, 0.05) is 0 Å². The van der Waals surface area contributed by atoms with Gasteiger partial charge in [0.25, 0.3) is 0 Å². The van der Waals surface area contributed by atoms with Crippen molar-refractivity contribution >= 4 is 29.2 Å². The number of halogens is 2. The average Bonchev–Trinajstić information content (AvgIpc) is 2.48. The van der Waals surface area contributed by atoms with Crippen molar-refractivity contribution in [3.8, 4) is 6.01 Å². The molecule has 9 heteroatoms. The molecule has 0 spiro atoms. The minimum atomic E-state index is -0.433. The number of nitrogens with one attached hydrogen (secondary N) is 2. The summed E-state index contributed by atoms with van der Waals surface area (Å²) in [4.78, 5) is 12.0. The highest BCUT2D eigenvalue weighted by Crippen LogP contribution is 2.25. The van der Waals surface area contributed by atoms with Crippen molar-refractivity contribution in [3.63, 3.8) is 0 Å². The summed E-state index contributed by atoms with van der Waals surface area (Å²) in [6, 6.07) is 4.05. The first-order valence-corrected chi connectivity index (χ1v) is 6.57. The average molecular weight is 313 g/mol. The zero-order valence-electron chi connectivity index (χ0n) is 11.2. The first-order valence-electron chi connectivity index (χ1n) is 6.20. The van der Waals surface area contributed by atoms with E-state index < -0.39 is 5.82 Å². The minimum Gasteiger partial charge on any atom is -0.463 e. The van der Waals surface area contributed by atoms with Crippen LogP contribution in [0.3, 0.4) is 0 Å². The third kappa shape index (κ3) is 4.14. The zero-order valence-corrected chi connectivity index (χ0v) is 12.0. The summed E-state index contributed by atoms with van der Waals surface area (Å²) < 4.78 is 18.3. The molecule has 0 amide bonds. The van der Waals surface area contributed by atoms with Crippen molar-refractivity contribution in [3.05, 3.63) is 29.0 Å². The van der Waals surface area contributed by atoms with Crippen molar-refractivity contribution in [2.24, 2.45) is 5.84 Å². The maximum atomic E-state index is 13.0. The molecule has 0 aliphatic heterocycles. The van der Waals surface area contributed by atoms with Crippen LogP contribution in [-0.4, -0.2) is 21.6 Å². The Morgan fingerprint density at radius 1 is 1.29 bits per heavy atom. The lowest BCUT2D eigenvalue weighted by atomic mass is 10.3. The van der Waals surface area contributed by atoms with Gasteiger partial charge in [0.15, 0.2) is 0 Å². The fraction of sp³-hybridized carbons (Fsp3) is 0.250. The standard InChI is InChI=1S/C12H14ClFN6O/c1-2-5-21-12-18-10(17-11(19-12)20-15)16-9-4-3-7(14)6-8(9)13/h3-4,6H,2,5,15H2,1H3,(H2,16,17,18,19,20). The molecule has 21 heavy (non-hydrogen) atoms. The van der Waals surface area contributed by atoms with Gasteiger partial charge in [-0.1, -0.05) is 18.5 Å². The fourth-order valence-corrected chi connectivity index (χ4v) is 1.66. The van der Waals surface area contributed by atoms with Gasteiger partial charge in [-0.2, -0.15) is 15.0 Å². The number of hydrogen-bond acceptors (Lipinski definition) is 7. The molecule has 0 unspecified atom stereocenters. The summed E-state index contributed by atoms with van der Waals surface area (Å²) in [7, 11) is 0. The van der Waals surface area contributed by atoms with Gasteiger partial charge in [-0.25, -0.2) is 10.2 Å². The highest BCUT2D eigenvalue weighted by molar-refractivity contribution is 6.33. The number of rotatable bonds is 6. The molecular weight excluding hydrogens is 299 g/mol. The Morgan fingerprint density at radius 3 is 2.71 bits per heavy atom. The van der Waals surface area contributed by atoms with Crippen molar-refractivity contribution in [1.82, 2.24) is 15.0 Å². The zero-order chi connectivity index (χ0) is 15.2. The molecule has 112 valence electrons. The maximum absolute atomic E-state index is 13.0. The van der Waals surface area contributed by atoms with E-state index in [4.69, 9.17) is 22.2 Å². The first kappa shape index (κ1) is 15.2. The molecular formula is C12H14ClFN6O. The van der Waals surface area contributed by atoms with Crippen molar-refractivity contribution in [2.75, 3.05) is 17.3 Å². The van der Waals surface area contributed by atoms with Gasteiger partial charge in [-0.05, 0) is 24.6 Å². The molecule has 1 aromatic heterocycles. The van der Waals surface area contributed by atoms with Crippen LogP contribution >= 0.6 is 11.6 Å². The molecule has 4 N–H and O–H groups in total. The van der Waals surface area contributed by atoms with Crippen LogP contribution in [0.2, 0.25) is 5.02 Å². The molecule has 0 fully saturated rings. The molecule has 2 rings (SSSR count). The smallest absolute Gasteiger partial charge is 0.323 e. The summed E-state index contributed by atoms with van der Waals surface area (Å²) in [5, 5.41) is 3.06. The summed E-state index contributed by atoms with van der Waals surface area (Å²) in [6.45, 7) is 2.42. The van der Waals surface area contributed by atoms with Gasteiger partial charge < -0.3 is 10.1 Å². The van der Waals surface area contributed by atoms with Crippen LogP contribution in [0.5, 0.6) is 6.01 Å². The van der Waals surface area contributed by atoms with Crippen LogP contribution in [0.25, 0.3) is 0 Å². The number of nitrogens with zero attached hydrogens (tertiary/aromatic N) is 3. The number of aromatic nitrogens is 3. The normalized spacial score (nSPS) is 10.3. The Bertz CT molecular complexity index is 627. The molecule has 0 saturated heterocycles. The molecule has 0 radical (unpaired) electrons. The number of nitrogens with two attached hydrogens (primary N) is 1. The Labute approximate surface area is 125 Å². The van der Waals surface area contributed by atoms with Gasteiger partial charge >= 0.3 is 6.01 Å². The van der Waals surface area contributed by atoms with E-state index >= 15 is 0 Å². The van der Waals surface area contributed by atoms with Gasteiger partial charge in [0.1, 0.15) is 5.82 Å².